The summed E-state index contributed by atoms with van der Waals surface area (Å²) in [5.41, 5.74) is 9.26. The minimum Gasteiger partial charge on any atom is -0.311 e. The molecule has 0 unspecified atom stereocenters. The number of hydrogen-bond acceptors (Lipinski definition) is 1. The maximum atomic E-state index is 2.39. The van der Waals surface area contributed by atoms with Gasteiger partial charge in [0.2, 0.25) is 0 Å². The fourth-order valence-electron chi connectivity index (χ4n) is 9.59. The van der Waals surface area contributed by atoms with E-state index in [1.54, 1.807) is 0 Å². The molecule has 10 aromatic carbocycles. The molecule has 3 heteroatoms. The molecule has 2 nitrogen and oxygen atoms in total. The van der Waals surface area contributed by atoms with Gasteiger partial charge in [-0.1, -0.05) is 194 Å². The molecule has 61 heavy (non-hydrogen) atoms. The van der Waals surface area contributed by atoms with E-state index < -0.39 is 8.07 Å². The normalized spacial score (nSPS) is 11.6. The maximum absolute atomic E-state index is 2.69. The molecule has 0 N–H and O–H groups in total. The van der Waals surface area contributed by atoms with Crippen molar-refractivity contribution in [3.63, 3.8) is 0 Å². The SMILES string of the molecule is c1ccc([Si](c2ccccc2)(c2ccccc2)c2ccc(N(c3ccc(-c4cccc5ccccc45)cc3)c3ccc(-n4c5ccccc5c5ccccc54)cc3)cc2)cc1. The summed E-state index contributed by atoms with van der Waals surface area (Å²) in [5.74, 6) is 0. The van der Waals surface area contributed by atoms with Crippen LogP contribution in [0.5, 0.6) is 0 Å². The van der Waals surface area contributed by atoms with Gasteiger partial charge < -0.3 is 9.47 Å². The monoisotopic (exact) mass is 794 g/mol. The number of rotatable bonds is 9. The van der Waals surface area contributed by atoms with Gasteiger partial charge >= 0.3 is 0 Å². The van der Waals surface area contributed by atoms with Crippen LogP contribution in [0.4, 0.5) is 17.1 Å². The van der Waals surface area contributed by atoms with Gasteiger partial charge in [-0.3, -0.25) is 0 Å². The second-order valence-electron chi connectivity index (χ2n) is 15.7. The molecule has 0 aliphatic carbocycles. The number of benzene rings is 10. The standard InChI is InChI=1S/C58H42N2Si/c1-4-19-49(20-5-1)61(50-21-6-2-7-22-50,51-23-8-3-9-24-51)52-41-39-47(40-42-52)59(45-33-31-44(32-34-45)54-28-16-18-43-17-10-11-25-53(43)54)46-35-37-48(38-36-46)60-57-29-14-12-26-55(57)56-27-13-15-30-58(56)60/h1-42H. The van der Waals surface area contributed by atoms with Crippen molar-refractivity contribution in [1.82, 2.24) is 4.57 Å². The Morgan fingerprint density at radius 3 is 1.21 bits per heavy atom. The zero-order chi connectivity index (χ0) is 40.6. The summed E-state index contributed by atoms with van der Waals surface area (Å²) >= 11 is 0. The lowest BCUT2D eigenvalue weighted by atomic mass is 9.98. The molecule has 0 fully saturated rings. The van der Waals surface area contributed by atoms with Crippen LogP contribution in [0.2, 0.25) is 0 Å². The molecule has 0 saturated heterocycles. The lowest BCUT2D eigenvalue weighted by Gasteiger charge is -2.35. The number of fused-ring (bicyclic) bond motifs is 4. The van der Waals surface area contributed by atoms with E-state index in [2.05, 4.69) is 264 Å². The summed E-state index contributed by atoms with van der Waals surface area (Å²) in [6.07, 6.45) is 0. The first-order valence-corrected chi connectivity index (χ1v) is 23.0. The summed E-state index contributed by atoms with van der Waals surface area (Å²) in [5, 5.41) is 10.5. The van der Waals surface area contributed by atoms with Gasteiger partial charge in [-0.2, -0.15) is 0 Å². The largest absolute Gasteiger partial charge is 0.311 e. The predicted molar refractivity (Wildman–Crippen MR) is 262 cm³/mol. The lowest BCUT2D eigenvalue weighted by Crippen LogP contribution is -2.74. The number of para-hydroxylation sites is 2. The smallest absolute Gasteiger partial charge is 0.179 e. The van der Waals surface area contributed by atoms with Crippen LogP contribution in [0.15, 0.2) is 255 Å². The third-order valence-corrected chi connectivity index (χ3v) is 17.1. The second kappa shape index (κ2) is 15.5. The highest BCUT2D eigenvalue weighted by Crippen LogP contribution is 2.38. The first kappa shape index (κ1) is 36.4. The van der Waals surface area contributed by atoms with Gasteiger partial charge in [0.25, 0.3) is 0 Å². The van der Waals surface area contributed by atoms with Gasteiger partial charge in [0.1, 0.15) is 0 Å². The maximum Gasteiger partial charge on any atom is 0.179 e. The summed E-state index contributed by atoms with van der Waals surface area (Å²) in [6, 6.07) is 93.6. The van der Waals surface area contributed by atoms with Crippen LogP contribution in [0.3, 0.4) is 0 Å². The highest BCUT2D eigenvalue weighted by molar-refractivity contribution is 7.19. The molecule has 11 rings (SSSR count). The van der Waals surface area contributed by atoms with E-state index in [0.29, 0.717) is 0 Å². The predicted octanol–water partition coefficient (Wildman–Crippen LogP) is 12.5. The second-order valence-corrected chi connectivity index (χ2v) is 19.5. The van der Waals surface area contributed by atoms with E-state index in [0.717, 1.165) is 22.7 Å². The van der Waals surface area contributed by atoms with Crippen molar-refractivity contribution in [2.45, 2.75) is 0 Å². The molecule has 0 saturated carbocycles. The fourth-order valence-corrected chi connectivity index (χ4v) is 14.3. The van der Waals surface area contributed by atoms with Crippen molar-refractivity contribution >= 4 is 78.5 Å². The molecule has 0 radical (unpaired) electrons. The van der Waals surface area contributed by atoms with Crippen molar-refractivity contribution in [2.24, 2.45) is 0 Å². The van der Waals surface area contributed by atoms with Crippen molar-refractivity contribution < 1.29 is 0 Å². The molecule has 0 bridgehead atoms. The summed E-state index contributed by atoms with van der Waals surface area (Å²) < 4.78 is 2.38. The summed E-state index contributed by atoms with van der Waals surface area (Å²) in [4.78, 5) is 2.39. The average Bonchev–Trinajstić information content (AvgIpc) is 3.68. The van der Waals surface area contributed by atoms with E-state index in [-0.39, 0.29) is 0 Å². The summed E-state index contributed by atoms with van der Waals surface area (Å²) in [6.45, 7) is 0. The molecular formula is C58H42N2Si. The lowest BCUT2D eigenvalue weighted by molar-refractivity contribution is 1.17. The van der Waals surface area contributed by atoms with E-state index in [1.807, 2.05) is 0 Å². The van der Waals surface area contributed by atoms with Crippen LogP contribution < -0.4 is 25.6 Å². The Bertz CT molecular complexity index is 3110. The topological polar surface area (TPSA) is 8.17 Å². The highest BCUT2D eigenvalue weighted by atomic mass is 28.3. The summed E-state index contributed by atoms with van der Waals surface area (Å²) in [7, 11) is -2.69. The van der Waals surface area contributed by atoms with Crippen molar-refractivity contribution in [2.75, 3.05) is 4.90 Å². The van der Waals surface area contributed by atoms with Crippen molar-refractivity contribution in [1.29, 1.82) is 0 Å². The van der Waals surface area contributed by atoms with E-state index >= 15 is 0 Å². The molecule has 11 aromatic rings. The Morgan fingerprint density at radius 2 is 0.689 bits per heavy atom. The molecule has 0 aliphatic heterocycles. The van der Waals surface area contributed by atoms with Gasteiger partial charge in [0, 0.05) is 33.5 Å². The van der Waals surface area contributed by atoms with Crippen molar-refractivity contribution in [3.8, 4) is 16.8 Å². The Labute approximate surface area is 357 Å². The van der Waals surface area contributed by atoms with Crippen molar-refractivity contribution in [3.05, 3.63) is 255 Å². The molecular weight excluding hydrogens is 753 g/mol. The zero-order valence-corrected chi connectivity index (χ0v) is 34.6. The third-order valence-electron chi connectivity index (χ3n) is 12.4. The minimum atomic E-state index is -2.69. The van der Waals surface area contributed by atoms with Gasteiger partial charge in [0.05, 0.1) is 11.0 Å². The van der Waals surface area contributed by atoms with Crippen LogP contribution in [0, 0.1) is 0 Å². The Hall–Kier alpha value is -7.72. The van der Waals surface area contributed by atoms with Crippen LogP contribution in [-0.2, 0) is 0 Å². The first-order chi connectivity index (χ1) is 30.3. The number of nitrogens with zero attached hydrogens (tertiary/aromatic N) is 2. The Kier molecular flexibility index (Phi) is 9.22. The molecule has 0 spiro atoms. The quantitative estimate of drug-likeness (QED) is 0.104. The minimum absolute atomic E-state index is 1.09. The zero-order valence-electron chi connectivity index (χ0n) is 33.6. The van der Waals surface area contributed by atoms with E-state index in [4.69, 9.17) is 0 Å². The average molecular weight is 795 g/mol. The van der Waals surface area contributed by atoms with Gasteiger partial charge in [-0.25, -0.2) is 0 Å². The van der Waals surface area contributed by atoms with E-state index in [9.17, 15) is 0 Å². The molecule has 0 aliphatic rings. The van der Waals surface area contributed by atoms with Gasteiger partial charge in [-0.05, 0) is 103 Å². The molecule has 0 atom stereocenters. The molecule has 1 heterocycles. The number of hydrogen-bond donors (Lipinski definition) is 0. The highest BCUT2D eigenvalue weighted by Gasteiger charge is 2.41. The van der Waals surface area contributed by atoms with Gasteiger partial charge in [-0.15, -0.1) is 0 Å². The fraction of sp³-hybridized carbons (Fsp3) is 0. The Morgan fingerprint density at radius 1 is 0.295 bits per heavy atom. The molecule has 288 valence electrons. The van der Waals surface area contributed by atoms with E-state index in [1.165, 1.54) is 64.5 Å². The van der Waals surface area contributed by atoms with Crippen LogP contribution in [0.1, 0.15) is 0 Å². The van der Waals surface area contributed by atoms with Crippen LogP contribution >= 0.6 is 0 Å². The first-order valence-electron chi connectivity index (χ1n) is 21.0. The van der Waals surface area contributed by atoms with Crippen LogP contribution in [0.25, 0.3) is 49.4 Å². The number of aromatic nitrogens is 1. The Balaban J connectivity index is 1.06. The molecule has 1 aromatic heterocycles. The van der Waals surface area contributed by atoms with Gasteiger partial charge in [0.15, 0.2) is 8.07 Å². The third kappa shape index (κ3) is 6.26. The number of anilines is 3. The molecule has 0 amide bonds. The van der Waals surface area contributed by atoms with Crippen LogP contribution in [-0.4, -0.2) is 12.6 Å².